The molecule has 0 saturated heterocycles. The minimum absolute atomic E-state index is 0.0276. The largest absolute Gasteiger partial charge is 0.480 e. The maximum atomic E-state index is 11.8. The molecule has 1 aromatic heterocycles. The van der Waals surface area contributed by atoms with E-state index in [0.717, 1.165) is 23.6 Å². The van der Waals surface area contributed by atoms with Gasteiger partial charge in [0, 0.05) is 37.1 Å². The summed E-state index contributed by atoms with van der Waals surface area (Å²) in [4.78, 5) is 36.7. The summed E-state index contributed by atoms with van der Waals surface area (Å²) >= 11 is 0. The average Bonchev–Trinajstić information content (AvgIpc) is 3.03. The number of carboxylic acids is 1. The molecule has 8 nitrogen and oxygen atoms in total. The third-order valence-electron chi connectivity index (χ3n) is 3.62. The molecule has 1 amide bonds. The molecule has 1 heterocycles. The SMILES string of the molecule is CO.NC(CCC(=O)NC(C=O)Cc1c[nH]c2ccccc12)C(=O)O. The molecule has 0 aliphatic heterocycles. The van der Waals surface area contributed by atoms with Gasteiger partial charge in [-0.05, 0) is 18.1 Å². The Bertz CT molecular complexity index is 713. The second-order valence-corrected chi connectivity index (χ2v) is 5.36. The summed E-state index contributed by atoms with van der Waals surface area (Å²) in [5.74, 6) is -1.54. The lowest BCUT2D eigenvalue weighted by Crippen LogP contribution is -2.39. The van der Waals surface area contributed by atoms with Crippen molar-refractivity contribution in [2.75, 3.05) is 7.11 Å². The first kappa shape index (κ1) is 20.3. The van der Waals surface area contributed by atoms with Crippen LogP contribution < -0.4 is 11.1 Å². The first-order valence-corrected chi connectivity index (χ1v) is 7.74. The van der Waals surface area contributed by atoms with Crippen molar-refractivity contribution < 1.29 is 24.6 Å². The van der Waals surface area contributed by atoms with Gasteiger partial charge < -0.3 is 31.0 Å². The number of aliphatic hydroxyl groups excluding tert-OH is 1. The Kier molecular flexibility index (Phi) is 8.31. The van der Waals surface area contributed by atoms with E-state index in [2.05, 4.69) is 10.3 Å². The van der Waals surface area contributed by atoms with Gasteiger partial charge in [0.15, 0.2) is 0 Å². The van der Waals surface area contributed by atoms with Crippen LogP contribution in [-0.2, 0) is 20.8 Å². The van der Waals surface area contributed by atoms with Gasteiger partial charge in [0.05, 0.1) is 6.04 Å². The van der Waals surface area contributed by atoms with E-state index in [1.165, 1.54) is 0 Å². The highest BCUT2D eigenvalue weighted by Crippen LogP contribution is 2.18. The van der Waals surface area contributed by atoms with E-state index in [-0.39, 0.29) is 12.8 Å². The number of aliphatic hydroxyl groups is 1. The molecule has 2 aromatic rings. The van der Waals surface area contributed by atoms with Gasteiger partial charge >= 0.3 is 5.97 Å². The summed E-state index contributed by atoms with van der Waals surface area (Å²) in [6.45, 7) is 0. The highest BCUT2D eigenvalue weighted by molar-refractivity contribution is 5.84. The van der Waals surface area contributed by atoms with Crippen LogP contribution in [0, 0.1) is 0 Å². The quantitative estimate of drug-likeness (QED) is 0.430. The molecule has 2 atom stereocenters. The lowest BCUT2D eigenvalue weighted by atomic mass is 10.1. The van der Waals surface area contributed by atoms with Crippen molar-refractivity contribution >= 4 is 29.1 Å². The van der Waals surface area contributed by atoms with Gasteiger partial charge in [0.1, 0.15) is 12.3 Å². The van der Waals surface area contributed by atoms with Crippen LogP contribution >= 0.6 is 0 Å². The van der Waals surface area contributed by atoms with Gasteiger partial charge in [-0.15, -0.1) is 0 Å². The number of carboxylic acid groups (broad SMARTS) is 1. The molecule has 0 radical (unpaired) electrons. The molecule has 0 aliphatic rings. The molecule has 0 aliphatic carbocycles. The van der Waals surface area contributed by atoms with Crippen molar-refractivity contribution in [3.63, 3.8) is 0 Å². The number of aromatic amines is 1. The minimum atomic E-state index is -1.15. The Hall–Kier alpha value is -2.71. The van der Waals surface area contributed by atoms with Crippen LogP contribution in [0.25, 0.3) is 10.9 Å². The molecule has 2 unspecified atom stereocenters. The highest BCUT2D eigenvalue weighted by Gasteiger charge is 2.17. The number of hydrogen-bond acceptors (Lipinski definition) is 5. The number of para-hydroxylation sites is 1. The summed E-state index contributed by atoms with van der Waals surface area (Å²) in [5.41, 5.74) is 7.24. The number of nitrogens with two attached hydrogens (primary N) is 1. The molecule has 2 rings (SSSR count). The summed E-state index contributed by atoms with van der Waals surface area (Å²) in [6, 6.07) is 5.94. The Labute approximate surface area is 145 Å². The standard InChI is InChI=1S/C16H19N3O4.CH4O/c17-13(16(22)23)5-6-15(21)19-11(9-20)7-10-8-18-14-4-2-1-3-12(10)14;1-2/h1-4,8-9,11,13,18H,5-7,17H2,(H,19,21)(H,22,23);2H,1H3. The second kappa shape index (κ2) is 10.2. The van der Waals surface area contributed by atoms with Crippen LogP contribution in [0.5, 0.6) is 0 Å². The van der Waals surface area contributed by atoms with Crippen LogP contribution in [0.1, 0.15) is 18.4 Å². The van der Waals surface area contributed by atoms with E-state index < -0.39 is 24.0 Å². The molecule has 6 N–H and O–H groups in total. The smallest absolute Gasteiger partial charge is 0.320 e. The summed E-state index contributed by atoms with van der Waals surface area (Å²) in [5, 5.41) is 19.3. The zero-order valence-corrected chi connectivity index (χ0v) is 13.9. The molecule has 0 spiro atoms. The van der Waals surface area contributed by atoms with E-state index in [9.17, 15) is 14.4 Å². The van der Waals surface area contributed by atoms with Crippen LogP contribution in [-0.4, -0.2) is 52.6 Å². The van der Waals surface area contributed by atoms with Crippen molar-refractivity contribution in [3.05, 3.63) is 36.0 Å². The highest BCUT2D eigenvalue weighted by atomic mass is 16.4. The number of amides is 1. The summed E-state index contributed by atoms with van der Waals surface area (Å²) in [6.07, 6.45) is 2.85. The fourth-order valence-corrected chi connectivity index (χ4v) is 2.36. The van der Waals surface area contributed by atoms with E-state index in [4.69, 9.17) is 15.9 Å². The van der Waals surface area contributed by atoms with Crippen molar-refractivity contribution in [3.8, 4) is 0 Å². The first-order valence-electron chi connectivity index (χ1n) is 7.74. The average molecular weight is 349 g/mol. The van der Waals surface area contributed by atoms with Gasteiger partial charge in [0.25, 0.3) is 0 Å². The number of hydrogen-bond donors (Lipinski definition) is 5. The number of aldehydes is 1. The molecule has 1 aromatic carbocycles. The molecular weight excluding hydrogens is 326 g/mol. The number of nitrogens with one attached hydrogen (secondary N) is 2. The number of rotatable bonds is 8. The van der Waals surface area contributed by atoms with Crippen molar-refractivity contribution in [2.24, 2.45) is 5.73 Å². The molecule has 8 heteroatoms. The third-order valence-corrected chi connectivity index (χ3v) is 3.62. The predicted molar refractivity (Wildman–Crippen MR) is 93.0 cm³/mol. The molecular formula is C17H23N3O5. The van der Waals surface area contributed by atoms with Crippen LogP contribution in [0.3, 0.4) is 0 Å². The number of benzene rings is 1. The van der Waals surface area contributed by atoms with E-state index >= 15 is 0 Å². The van der Waals surface area contributed by atoms with Crippen LogP contribution in [0.4, 0.5) is 0 Å². The molecule has 25 heavy (non-hydrogen) atoms. The van der Waals surface area contributed by atoms with Crippen molar-refractivity contribution in [2.45, 2.75) is 31.3 Å². The predicted octanol–water partition coefficient (Wildman–Crippen LogP) is 0.195. The number of fused-ring (bicyclic) bond motifs is 1. The fourth-order valence-electron chi connectivity index (χ4n) is 2.36. The zero-order valence-electron chi connectivity index (χ0n) is 13.9. The Morgan fingerprint density at radius 3 is 2.64 bits per heavy atom. The second-order valence-electron chi connectivity index (χ2n) is 5.36. The van der Waals surface area contributed by atoms with E-state index in [0.29, 0.717) is 12.7 Å². The van der Waals surface area contributed by atoms with Gasteiger partial charge in [-0.1, -0.05) is 18.2 Å². The number of H-pyrrole nitrogens is 1. The molecule has 136 valence electrons. The lowest BCUT2D eigenvalue weighted by Gasteiger charge is -2.13. The monoisotopic (exact) mass is 349 g/mol. The first-order chi connectivity index (χ1) is 12.0. The molecule has 0 bridgehead atoms. The van der Waals surface area contributed by atoms with Gasteiger partial charge in [-0.3, -0.25) is 9.59 Å². The number of carbonyl (C=O) groups is 3. The van der Waals surface area contributed by atoms with Crippen LogP contribution in [0.2, 0.25) is 0 Å². The fraction of sp³-hybridized carbons (Fsp3) is 0.353. The van der Waals surface area contributed by atoms with Gasteiger partial charge in [-0.25, -0.2) is 0 Å². The van der Waals surface area contributed by atoms with Crippen molar-refractivity contribution in [1.29, 1.82) is 0 Å². The normalized spacial score (nSPS) is 12.6. The summed E-state index contributed by atoms with van der Waals surface area (Å²) in [7, 11) is 1.00. The Morgan fingerprint density at radius 1 is 1.32 bits per heavy atom. The Balaban J connectivity index is 0.00000151. The van der Waals surface area contributed by atoms with Crippen molar-refractivity contribution in [1.82, 2.24) is 10.3 Å². The maximum Gasteiger partial charge on any atom is 0.320 e. The Morgan fingerprint density at radius 2 is 2.00 bits per heavy atom. The molecule has 0 fully saturated rings. The van der Waals surface area contributed by atoms with Crippen LogP contribution in [0.15, 0.2) is 30.5 Å². The lowest BCUT2D eigenvalue weighted by molar-refractivity contribution is -0.138. The zero-order chi connectivity index (χ0) is 18.8. The number of carbonyl (C=O) groups excluding carboxylic acids is 2. The number of aliphatic carboxylic acids is 1. The molecule has 0 saturated carbocycles. The van der Waals surface area contributed by atoms with Gasteiger partial charge in [-0.2, -0.15) is 0 Å². The number of aromatic nitrogens is 1. The summed E-state index contributed by atoms with van der Waals surface area (Å²) < 4.78 is 0. The van der Waals surface area contributed by atoms with Gasteiger partial charge in [0.2, 0.25) is 5.91 Å². The third kappa shape index (κ3) is 6.02. The van der Waals surface area contributed by atoms with E-state index in [1.807, 2.05) is 30.5 Å². The minimum Gasteiger partial charge on any atom is -0.480 e. The maximum absolute atomic E-state index is 11.8. The van der Waals surface area contributed by atoms with E-state index in [1.54, 1.807) is 0 Å². The topological polar surface area (TPSA) is 146 Å².